The van der Waals surface area contributed by atoms with Gasteiger partial charge in [0.15, 0.2) is 0 Å². The topological polar surface area (TPSA) is 76.4 Å². The number of carbonyl (C=O) groups excluding carboxylic acids is 1. The summed E-state index contributed by atoms with van der Waals surface area (Å²) in [5.41, 5.74) is 1.64. The maximum Gasteiger partial charge on any atom is 0.267 e. The van der Waals surface area contributed by atoms with E-state index in [-0.39, 0.29) is 12.2 Å². The van der Waals surface area contributed by atoms with Gasteiger partial charge in [-0.05, 0) is 60.2 Å². The van der Waals surface area contributed by atoms with E-state index in [9.17, 15) is 4.79 Å². The molecule has 1 aromatic rings. The number of rotatable bonds is 6. The van der Waals surface area contributed by atoms with Gasteiger partial charge in [0.25, 0.3) is 5.91 Å². The van der Waals surface area contributed by atoms with E-state index in [0.717, 1.165) is 9.13 Å². The van der Waals surface area contributed by atoms with Gasteiger partial charge in [0.05, 0.1) is 6.61 Å². The van der Waals surface area contributed by atoms with Crippen molar-refractivity contribution >= 4 is 34.2 Å². The molecule has 0 aliphatic rings. The van der Waals surface area contributed by atoms with E-state index >= 15 is 0 Å². The Morgan fingerprint density at radius 2 is 2.29 bits per heavy atom. The molecule has 0 saturated heterocycles. The zero-order valence-electron chi connectivity index (χ0n) is 12.1. The van der Waals surface area contributed by atoms with Gasteiger partial charge in [-0.2, -0.15) is 5.26 Å². The van der Waals surface area contributed by atoms with Gasteiger partial charge >= 0.3 is 0 Å². The number of nitrogens with zero attached hydrogens (tertiary/aromatic N) is 2. The van der Waals surface area contributed by atoms with Crippen LogP contribution in [0.15, 0.2) is 30.0 Å². The van der Waals surface area contributed by atoms with E-state index in [2.05, 4.69) is 27.9 Å². The number of nitrogens with one attached hydrogen (secondary N) is 1. The third-order valence-corrected chi connectivity index (χ3v) is 3.58. The second-order valence-corrected chi connectivity index (χ2v) is 5.67. The normalized spacial score (nSPS) is 10.9. The van der Waals surface area contributed by atoms with Gasteiger partial charge in [0.2, 0.25) is 0 Å². The predicted molar refractivity (Wildman–Crippen MR) is 90.6 cm³/mol. The van der Waals surface area contributed by atoms with Crippen LogP contribution in [0.1, 0.15) is 12.5 Å². The van der Waals surface area contributed by atoms with Crippen molar-refractivity contribution in [1.29, 1.82) is 5.26 Å². The number of nitriles is 1. The maximum atomic E-state index is 12.1. The highest BCUT2D eigenvalue weighted by Gasteiger charge is 2.12. The number of halogens is 1. The lowest BCUT2D eigenvalue weighted by molar-refractivity contribution is -0.112. The van der Waals surface area contributed by atoms with Crippen LogP contribution in [0, 0.1) is 21.8 Å². The van der Waals surface area contributed by atoms with Crippen LogP contribution in [0.5, 0.6) is 0 Å². The van der Waals surface area contributed by atoms with Crippen molar-refractivity contribution in [1.82, 2.24) is 4.90 Å². The third kappa shape index (κ3) is 5.36. The lowest BCUT2D eigenvalue weighted by Crippen LogP contribution is -2.24. The average molecular weight is 399 g/mol. The number of benzene rings is 1. The van der Waals surface area contributed by atoms with Gasteiger partial charge < -0.3 is 15.3 Å². The molecular weight excluding hydrogens is 381 g/mol. The molecule has 0 heterocycles. The molecule has 0 aliphatic carbocycles. The van der Waals surface area contributed by atoms with Crippen molar-refractivity contribution in [2.75, 3.05) is 25.0 Å². The molecule has 0 aromatic heterocycles. The molecule has 21 heavy (non-hydrogen) atoms. The molecule has 112 valence electrons. The second kappa shape index (κ2) is 8.64. The van der Waals surface area contributed by atoms with Crippen LogP contribution in [0.2, 0.25) is 0 Å². The second-order valence-electron chi connectivity index (χ2n) is 4.42. The number of amides is 1. The van der Waals surface area contributed by atoms with E-state index < -0.39 is 5.91 Å². The molecule has 0 radical (unpaired) electrons. The first-order valence-corrected chi connectivity index (χ1v) is 7.64. The van der Waals surface area contributed by atoms with Gasteiger partial charge in [-0.25, -0.2) is 0 Å². The van der Waals surface area contributed by atoms with Crippen molar-refractivity contribution in [3.63, 3.8) is 0 Å². The van der Waals surface area contributed by atoms with Crippen LogP contribution in [-0.2, 0) is 4.79 Å². The van der Waals surface area contributed by atoms with Crippen molar-refractivity contribution in [3.8, 4) is 6.07 Å². The molecule has 1 amide bonds. The number of aliphatic hydroxyl groups is 1. The summed E-state index contributed by atoms with van der Waals surface area (Å²) >= 11 is 2.20. The van der Waals surface area contributed by atoms with Gasteiger partial charge in [-0.3, -0.25) is 4.79 Å². The van der Waals surface area contributed by atoms with Crippen LogP contribution in [0.4, 0.5) is 5.69 Å². The van der Waals surface area contributed by atoms with Crippen LogP contribution in [0.3, 0.4) is 0 Å². The fraction of sp³-hybridized carbons (Fsp3) is 0.333. The number of likely N-dealkylation sites (N-methyl/N-ethyl adjacent to an activating group) is 1. The number of hydrogen-bond donors (Lipinski definition) is 2. The smallest absolute Gasteiger partial charge is 0.267 e. The summed E-state index contributed by atoms with van der Waals surface area (Å²) in [5.74, 6) is -0.446. The summed E-state index contributed by atoms with van der Waals surface area (Å²) < 4.78 is 1.08. The van der Waals surface area contributed by atoms with E-state index in [1.54, 1.807) is 4.90 Å². The molecule has 1 aromatic carbocycles. The minimum atomic E-state index is -0.446. The van der Waals surface area contributed by atoms with Crippen molar-refractivity contribution in [3.05, 3.63) is 39.1 Å². The molecule has 0 fully saturated rings. The average Bonchev–Trinajstić information content (AvgIpc) is 2.46. The van der Waals surface area contributed by atoms with Crippen LogP contribution in [0.25, 0.3) is 0 Å². The number of aryl methyl sites for hydroxylation is 1. The van der Waals surface area contributed by atoms with Crippen LogP contribution in [-0.4, -0.2) is 35.6 Å². The lowest BCUT2D eigenvalue weighted by atomic mass is 10.2. The SMILES string of the molecule is CCN(/C=C(/C#N)C(=O)Nc1ccc(I)cc1C)CCO. The van der Waals surface area contributed by atoms with E-state index in [0.29, 0.717) is 18.8 Å². The van der Waals surface area contributed by atoms with Gasteiger partial charge in [0, 0.05) is 28.5 Å². The molecule has 2 N–H and O–H groups in total. The van der Waals surface area contributed by atoms with Crippen LogP contribution >= 0.6 is 22.6 Å². The standard InChI is InChI=1S/C15H18IN3O2/c1-3-19(6-7-20)10-12(9-17)15(21)18-14-5-4-13(16)8-11(14)2/h4-5,8,10,20H,3,6-7H2,1-2H3,(H,18,21)/b12-10-. The fourth-order valence-corrected chi connectivity index (χ4v) is 2.37. The lowest BCUT2D eigenvalue weighted by Gasteiger charge is -2.17. The first kappa shape index (κ1) is 17.5. The number of aliphatic hydroxyl groups excluding tert-OH is 1. The summed E-state index contributed by atoms with van der Waals surface area (Å²) in [4.78, 5) is 13.9. The van der Waals surface area contributed by atoms with E-state index in [1.165, 1.54) is 6.20 Å². The maximum absolute atomic E-state index is 12.1. The Balaban J connectivity index is 2.89. The Bertz CT molecular complexity index is 579. The van der Waals surface area contributed by atoms with Gasteiger partial charge in [-0.15, -0.1) is 0 Å². The number of carbonyl (C=O) groups is 1. The highest BCUT2D eigenvalue weighted by molar-refractivity contribution is 14.1. The fourth-order valence-electron chi connectivity index (χ4n) is 1.72. The first-order valence-electron chi connectivity index (χ1n) is 6.56. The minimum Gasteiger partial charge on any atom is -0.395 e. The largest absolute Gasteiger partial charge is 0.395 e. The highest BCUT2D eigenvalue weighted by atomic mass is 127. The molecule has 6 heteroatoms. The summed E-state index contributed by atoms with van der Waals surface area (Å²) in [5, 5.41) is 20.8. The highest BCUT2D eigenvalue weighted by Crippen LogP contribution is 2.18. The quantitative estimate of drug-likeness (QED) is 0.437. The molecule has 0 spiro atoms. The summed E-state index contributed by atoms with van der Waals surface area (Å²) in [6, 6.07) is 7.56. The van der Waals surface area contributed by atoms with Crippen molar-refractivity contribution in [2.24, 2.45) is 0 Å². The molecule has 0 saturated carbocycles. The minimum absolute atomic E-state index is 0.0169. The Morgan fingerprint density at radius 3 is 2.81 bits per heavy atom. The van der Waals surface area contributed by atoms with Crippen molar-refractivity contribution in [2.45, 2.75) is 13.8 Å². The molecule has 1 rings (SSSR count). The van der Waals surface area contributed by atoms with Crippen molar-refractivity contribution < 1.29 is 9.90 Å². The van der Waals surface area contributed by atoms with E-state index in [4.69, 9.17) is 10.4 Å². The molecule has 5 nitrogen and oxygen atoms in total. The molecular formula is C15H18IN3O2. The molecule has 0 aliphatic heterocycles. The Kier molecular flexibility index (Phi) is 7.19. The monoisotopic (exact) mass is 399 g/mol. The zero-order chi connectivity index (χ0) is 15.8. The predicted octanol–water partition coefficient (Wildman–Crippen LogP) is 2.26. The Hall–Kier alpha value is -1.59. The molecule has 0 unspecified atom stereocenters. The van der Waals surface area contributed by atoms with Gasteiger partial charge in [0.1, 0.15) is 11.6 Å². The number of hydrogen-bond acceptors (Lipinski definition) is 4. The summed E-state index contributed by atoms with van der Waals surface area (Å²) in [6.07, 6.45) is 1.48. The summed E-state index contributed by atoms with van der Waals surface area (Å²) in [6.45, 7) is 4.76. The zero-order valence-corrected chi connectivity index (χ0v) is 14.2. The van der Waals surface area contributed by atoms with E-state index in [1.807, 2.05) is 38.1 Å². The first-order chi connectivity index (χ1) is 10.0. The number of anilines is 1. The third-order valence-electron chi connectivity index (χ3n) is 2.91. The summed E-state index contributed by atoms with van der Waals surface area (Å²) in [7, 11) is 0. The Labute approximate surface area is 138 Å². The molecule has 0 bridgehead atoms. The van der Waals surface area contributed by atoms with Gasteiger partial charge in [-0.1, -0.05) is 0 Å². The van der Waals surface area contributed by atoms with Crippen LogP contribution < -0.4 is 5.32 Å². The molecule has 0 atom stereocenters. The Morgan fingerprint density at radius 1 is 1.57 bits per heavy atom.